The van der Waals surface area contributed by atoms with Crippen LogP contribution in [0.1, 0.15) is 32.3 Å². The average molecular weight is 281 g/mol. The van der Waals surface area contributed by atoms with Crippen molar-refractivity contribution in [2.75, 3.05) is 13.2 Å². The van der Waals surface area contributed by atoms with Crippen molar-refractivity contribution in [3.05, 3.63) is 29.8 Å². The molecule has 0 aromatic heterocycles. The summed E-state index contributed by atoms with van der Waals surface area (Å²) in [5, 5.41) is 8.83. The molecule has 1 aromatic carbocycles. The number of rotatable bonds is 8. The first-order valence-electron chi connectivity index (χ1n) is 6.58. The minimum absolute atomic E-state index is 0.107. The van der Waals surface area contributed by atoms with Crippen LogP contribution in [0.5, 0.6) is 5.75 Å². The maximum Gasteiger partial charge on any atom is 0.119 e. The summed E-state index contributed by atoms with van der Waals surface area (Å²) in [4.78, 5) is 0.556. The van der Waals surface area contributed by atoms with E-state index in [0.717, 1.165) is 24.2 Å². The molecule has 0 amide bonds. The molecular weight excluding hydrogens is 258 g/mol. The zero-order chi connectivity index (χ0) is 14.3. The monoisotopic (exact) mass is 281 g/mol. The lowest BCUT2D eigenvalue weighted by Crippen LogP contribution is -2.30. The van der Waals surface area contributed by atoms with Crippen LogP contribution in [0.3, 0.4) is 0 Å². The van der Waals surface area contributed by atoms with Crippen LogP contribution in [0, 0.1) is 5.41 Å². The van der Waals surface area contributed by atoms with E-state index >= 15 is 0 Å². The number of thiocarbonyl (C=S) groups is 1. The van der Waals surface area contributed by atoms with E-state index < -0.39 is 0 Å². The molecule has 0 heterocycles. The molecule has 4 heteroatoms. The molecule has 0 bridgehead atoms. The molecule has 19 heavy (non-hydrogen) atoms. The van der Waals surface area contributed by atoms with Crippen molar-refractivity contribution in [2.45, 2.75) is 33.1 Å². The molecule has 0 fully saturated rings. The van der Waals surface area contributed by atoms with E-state index in [0.29, 0.717) is 18.0 Å². The van der Waals surface area contributed by atoms with Crippen molar-refractivity contribution in [1.82, 2.24) is 0 Å². The van der Waals surface area contributed by atoms with E-state index in [2.05, 4.69) is 13.8 Å². The van der Waals surface area contributed by atoms with Crippen LogP contribution in [0.2, 0.25) is 0 Å². The molecular formula is C15H23NO2S. The highest BCUT2D eigenvalue weighted by atomic mass is 32.1. The zero-order valence-corrected chi connectivity index (χ0v) is 12.5. The Morgan fingerprint density at radius 3 is 2.47 bits per heavy atom. The Bertz CT molecular complexity index is 401. The topological polar surface area (TPSA) is 55.5 Å². The van der Waals surface area contributed by atoms with Gasteiger partial charge in [0, 0.05) is 12.0 Å². The van der Waals surface area contributed by atoms with Gasteiger partial charge in [-0.15, -0.1) is 0 Å². The van der Waals surface area contributed by atoms with Crippen LogP contribution in [0.4, 0.5) is 0 Å². The van der Waals surface area contributed by atoms with Gasteiger partial charge in [0.05, 0.1) is 11.6 Å². The normalized spacial score (nSPS) is 11.3. The fourth-order valence-corrected chi connectivity index (χ4v) is 1.81. The summed E-state index contributed by atoms with van der Waals surface area (Å²) in [6, 6.07) is 7.82. The minimum atomic E-state index is -0.107. The second-order valence-corrected chi connectivity index (χ2v) is 5.76. The first-order valence-corrected chi connectivity index (χ1v) is 6.99. The third kappa shape index (κ3) is 5.57. The van der Waals surface area contributed by atoms with Crippen molar-refractivity contribution in [2.24, 2.45) is 11.1 Å². The van der Waals surface area contributed by atoms with Crippen LogP contribution >= 0.6 is 12.2 Å². The van der Waals surface area contributed by atoms with Crippen LogP contribution in [0.25, 0.3) is 0 Å². The number of hydrogen-bond acceptors (Lipinski definition) is 3. The van der Waals surface area contributed by atoms with E-state index in [4.69, 9.17) is 27.8 Å². The SMILES string of the molecule is CC(C)(CCCOc1ccc(CCO)cc1)C(N)=S. The van der Waals surface area contributed by atoms with Gasteiger partial charge in [-0.25, -0.2) is 0 Å². The maximum absolute atomic E-state index is 8.83. The number of nitrogens with two attached hydrogens (primary N) is 1. The minimum Gasteiger partial charge on any atom is -0.494 e. The van der Waals surface area contributed by atoms with Gasteiger partial charge >= 0.3 is 0 Å². The van der Waals surface area contributed by atoms with Gasteiger partial charge in [-0.3, -0.25) is 0 Å². The van der Waals surface area contributed by atoms with E-state index in [1.54, 1.807) is 0 Å². The first kappa shape index (κ1) is 15.9. The van der Waals surface area contributed by atoms with Crippen LogP contribution in [0.15, 0.2) is 24.3 Å². The van der Waals surface area contributed by atoms with Crippen molar-refractivity contribution in [1.29, 1.82) is 0 Å². The van der Waals surface area contributed by atoms with Crippen molar-refractivity contribution in [3.63, 3.8) is 0 Å². The van der Waals surface area contributed by atoms with Crippen LogP contribution in [-0.4, -0.2) is 23.3 Å². The second kappa shape index (κ2) is 7.46. The fourth-order valence-electron chi connectivity index (χ4n) is 1.71. The van der Waals surface area contributed by atoms with Gasteiger partial charge in [0.25, 0.3) is 0 Å². The largest absolute Gasteiger partial charge is 0.494 e. The lowest BCUT2D eigenvalue weighted by molar-refractivity contribution is 0.287. The van der Waals surface area contributed by atoms with Crippen LogP contribution < -0.4 is 10.5 Å². The third-order valence-corrected chi connectivity index (χ3v) is 3.76. The van der Waals surface area contributed by atoms with Gasteiger partial charge in [0.1, 0.15) is 5.75 Å². The molecule has 3 nitrogen and oxygen atoms in total. The maximum atomic E-state index is 8.83. The highest BCUT2D eigenvalue weighted by Gasteiger charge is 2.20. The summed E-state index contributed by atoms with van der Waals surface area (Å²) in [6.45, 7) is 4.94. The molecule has 0 saturated carbocycles. The molecule has 0 atom stereocenters. The van der Waals surface area contributed by atoms with Crippen molar-refractivity contribution >= 4 is 17.2 Å². The molecule has 0 spiro atoms. The van der Waals surface area contributed by atoms with Gasteiger partial charge < -0.3 is 15.6 Å². The summed E-state index contributed by atoms with van der Waals surface area (Å²) in [6.07, 6.45) is 2.52. The number of ether oxygens (including phenoxy) is 1. The quantitative estimate of drug-likeness (QED) is 0.568. The number of aliphatic hydroxyl groups excluding tert-OH is 1. The molecule has 0 aliphatic heterocycles. The van der Waals surface area contributed by atoms with Gasteiger partial charge in [0.2, 0.25) is 0 Å². The highest BCUT2D eigenvalue weighted by Crippen LogP contribution is 2.22. The zero-order valence-electron chi connectivity index (χ0n) is 11.7. The molecule has 0 aliphatic carbocycles. The van der Waals surface area contributed by atoms with Gasteiger partial charge in [-0.2, -0.15) is 0 Å². The smallest absolute Gasteiger partial charge is 0.119 e. The lowest BCUT2D eigenvalue weighted by Gasteiger charge is -2.22. The lowest BCUT2D eigenvalue weighted by atomic mass is 9.88. The molecule has 0 saturated heterocycles. The molecule has 1 rings (SSSR count). The molecule has 1 aromatic rings. The Kier molecular flexibility index (Phi) is 6.25. The van der Waals surface area contributed by atoms with Gasteiger partial charge in [-0.05, 0) is 37.0 Å². The molecule has 3 N–H and O–H groups in total. The van der Waals surface area contributed by atoms with E-state index in [1.807, 2.05) is 24.3 Å². The molecule has 106 valence electrons. The van der Waals surface area contributed by atoms with Crippen molar-refractivity contribution in [3.8, 4) is 5.75 Å². The summed E-state index contributed by atoms with van der Waals surface area (Å²) in [7, 11) is 0. The Hall–Kier alpha value is -1.13. The molecule has 0 radical (unpaired) electrons. The van der Waals surface area contributed by atoms with Gasteiger partial charge in [0.15, 0.2) is 0 Å². The Balaban J connectivity index is 2.31. The Morgan fingerprint density at radius 2 is 1.95 bits per heavy atom. The predicted octanol–water partition coefficient (Wildman–Crippen LogP) is 2.69. The summed E-state index contributed by atoms with van der Waals surface area (Å²) >= 11 is 5.03. The number of hydrogen-bond donors (Lipinski definition) is 2. The third-order valence-electron chi connectivity index (χ3n) is 3.21. The second-order valence-electron chi connectivity index (χ2n) is 5.32. The summed E-state index contributed by atoms with van der Waals surface area (Å²) in [5.74, 6) is 0.856. The van der Waals surface area contributed by atoms with Gasteiger partial charge in [-0.1, -0.05) is 38.2 Å². The average Bonchev–Trinajstić information content (AvgIpc) is 2.37. The summed E-state index contributed by atoms with van der Waals surface area (Å²) in [5.41, 5.74) is 6.69. The Labute approximate surface area is 120 Å². The standard InChI is InChI=1S/C15H23NO2S/c1-15(2,14(16)19)9-3-11-18-13-6-4-12(5-7-13)8-10-17/h4-7,17H,3,8-11H2,1-2H3,(H2,16,19). The molecule has 0 aliphatic rings. The van der Waals surface area contributed by atoms with E-state index in [9.17, 15) is 0 Å². The summed E-state index contributed by atoms with van der Waals surface area (Å²) < 4.78 is 5.67. The first-order chi connectivity index (χ1) is 8.95. The van der Waals surface area contributed by atoms with E-state index in [1.165, 1.54) is 0 Å². The van der Waals surface area contributed by atoms with E-state index in [-0.39, 0.29) is 12.0 Å². The number of benzene rings is 1. The van der Waals surface area contributed by atoms with Crippen LogP contribution in [-0.2, 0) is 6.42 Å². The van der Waals surface area contributed by atoms with Crippen molar-refractivity contribution < 1.29 is 9.84 Å². The predicted molar refractivity (Wildman–Crippen MR) is 82.5 cm³/mol. The number of aliphatic hydroxyl groups is 1. The molecule has 0 unspecified atom stereocenters. The fraction of sp³-hybridized carbons (Fsp3) is 0.533. The Morgan fingerprint density at radius 1 is 1.32 bits per heavy atom. The highest BCUT2D eigenvalue weighted by molar-refractivity contribution is 7.80.